The van der Waals surface area contributed by atoms with Crippen LogP contribution in [0.2, 0.25) is 0 Å². The second kappa shape index (κ2) is 5.78. The molecule has 0 aliphatic rings. The molecule has 1 aromatic rings. The van der Waals surface area contributed by atoms with Crippen molar-refractivity contribution in [3.63, 3.8) is 0 Å². The van der Waals surface area contributed by atoms with Crippen molar-refractivity contribution in [3.8, 4) is 0 Å². The SMILES string of the molecule is CCC(NC(C)CO)c1ccc(F)cn1. The van der Waals surface area contributed by atoms with Crippen LogP contribution in [0.4, 0.5) is 4.39 Å². The van der Waals surface area contributed by atoms with E-state index in [2.05, 4.69) is 10.3 Å². The van der Waals surface area contributed by atoms with E-state index in [-0.39, 0.29) is 24.5 Å². The summed E-state index contributed by atoms with van der Waals surface area (Å²) in [5, 5.41) is 12.1. The molecule has 0 amide bonds. The van der Waals surface area contributed by atoms with Crippen LogP contribution in [0.15, 0.2) is 18.3 Å². The second-order valence-electron chi connectivity index (χ2n) is 3.61. The van der Waals surface area contributed by atoms with Crippen molar-refractivity contribution in [3.05, 3.63) is 29.8 Å². The molecule has 2 unspecified atom stereocenters. The molecule has 2 atom stereocenters. The van der Waals surface area contributed by atoms with Gasteiger partial charge in [-0.2, -0.15) is 0 Å². The van der Waals surface area contributed by atoms with Crippen molar-refractivity contribution in [1.29, 1.82) is 0 Å². The van der Waals surface area contributed by atoms with Gasteiger partial charge in [0.15, 0.2) is 0 Å². The average molecular weight is 212 g/mol. The highest BCUT2D eigenvalue weighted by Gasteiger charge is 2.12. The van der Waals surface area contributed by atoms with Gasteiger partial charge in [-0.3, -0.25) is 4.98 Å². The Hall–Kier alpha value is -1.00. The number of halogens is 1. The Bertz CT molecular complexity index is 289. The zero-order valence-corrected chi connectivity index (χ0v) is 9.07. The van der Waals surface area contributed by atoms with Gasteiger partial charge in [0.25, 0.3) is 0 Å². The molecule has 1 rings (SSSR count). The molecule has 0 saturated carbocycles. The van der Waals surface area contributed by atoms with Crippen molar-refractivity contribution < 1.29 is 9.50 Å². The second-order valence-corrected chi connectivity index (χ2v) is 3.61. The number of nitrogens with zero attached hydrogens (tertiary/aromatic N) is 1. The minimum Gasteiger partial charge on any atom is -0.395 e. The van der Waals surface area contributed by atoms with E-state index < -0.39 is 0 Å². The fraction of sp³-hybridized carbons (Fsp3) is 0.545. The van der Waals surface area contributed by atoms with Crippen LogP contribution in [0.3, 0.4) is 0 Å². The van der Waals surface area contributed by atoms with Crippen LogP contribution >= 0.6 is 0 Å². The van der Waals surface area contributed by atoms with Crippen LogP contribution in [-0.2, 0) is 0 Å². The maximum atomic E-state index is 12.7. The molecule has 0 aliphatic heterocycles. The number of hydrogen-bond acceptors (Lipinski definition) is 3. The van der Waals surface area contributed by atoms with Crippen LogP contribution < -0.4 is 5.32 Å². The van der Waals surface area contributed by atoms with Crippen molar-refractivity contribution in [2.75, 3.05) is 6.61 Å². The number of rotatable bonds is 5. The molecule has 0 spiro atoms. The van der Waals surface area contributed by atoms with E-state index in [1.807, 2.05) is 13.8 Å². The van der Waals surface area contributed by atoms with Crippen LogP contribution in [0.1, 0.15) is 32.0 Å². The van der Waals surface area contributed by atoms with E-state index in [1.165, 1.54) is 12.3 Å². The van der Waals surface area contributed by atoms with Crippen molar-refractivity contribution >= 4 is 0 Å². The maximum absolute atomic E-state index is 12.7. The molecule has 4 heteroatoms. The quantitative estimate of drug-likeness (QED) is 0.780. The summed E-state index contributed by atoms with van der Waals surface area (Å²) in [7, 11) is 0. The smallest absolute Gasteiger partial charge is 0.141 e. The van der Waals surface area contributed by atoms with E-state index in [1.54, 1.807) is 6.07 Å². The summed E-state index contributed by atoms with van der Waals surface area (Å²) >= 11 is 0. The minimum atomic E-state index is -0.330. The number of aliphatic hydroxyl groups is 1. The third-order valence-corrected chi connectivity index (χ3v) is 2.28. The molecule has 0 fully saturated rings. The summed E-state index contributed by atoms with van der Waals surface area (Å²) in [6.07, 6.45) is 2.06. The van der Waals surface area contributed by atoms with Crippen molar-refractivity contribution in [2.45, 2.75) is 32.4 Å². The monoisotopic (exact) mass is 212 g/mol. The molecule has 2 N–H and O–H groups in total. The Morgan fingerprint density at radius 2 is 2.27 bits per heavy atom. The van der Waals surface area contributed by atoms with Crippen molar-refractivity contribution in [2.24, 2.45) is 0 Å². The molecule has 0 saturated heterocycles. The largest absolute Gasteiger partial charge is 0.395 e. The number of hydrogen-bond donors (Lipinski definition) is 2. The highest BCUT2D eigenvalue weighted by Crippen LogP contribution is 2.14. The van der Waals surface area contributed by atoms with Gasteiger partial charge in [-0.05, 0) is 25.5 Å². The molecule has 0 bridgehead atoms. The van der Waals surface area contributed by atoms with Crippen LogP contribution in [-0.4, -0.2) is 22.7 Å². The van der Waals surface area contributed by atoms with Crippen LogP contribution in [0, 0.1) is 5.82 Å². The maximum Gasteiger partial charge on any atom is 0.141 e. The summed E-state index contributed by atoms with van der Waals surface area (Å²) < 4.78 is 12.7. The van der Waals surface area contributed by atoms with E-state index in [4.69, 9.17) is 5.11 Å². The molecule has 1 heterocycles. The minimum absolute atomic E-state index is 0.0156. The summed E-state index contributed by atoms with van der Waals surface area (Å²) in [4.78, 5) is 4.02. The summed E-state index contributed by atoms with van der Waals surface area (Å²) in [5.74, 6) is -0.330. The van der Waals surface area contributed by atoms with Crippen molar-refractivity contribution in [1.82, 2.24) is 10.3 Å². The Labute approximate surface area is 89.4 Å². The van der Waals surface area contributed by atoms with Crippen LogP contribution in [0.5, 0.6) is 0 Å². The molecule has 0 aromatic carbocycles. The lowest BCUT2D eigenvalue weighted by Crippen LogP contribution is -2.33. The molecule has 0 radical (unpaired) electrons. The third-order valence-electron chi connectivity index (χ3n) is 2.28. The average Bonchev–Trinajstić information content (AvgIpc) is 2.27. The Balaban J connectivity index is 2.69. The Kier molecular flexibility index (Phi) is 4.65. The zero-order chi connectivity index (χ0) is 11.3. The summed E-state index contributed by atoms with van der Waals surface area (Å²) in [6, 6.07) is 3.14. The number of aromatic nitrogens is 1. The van der Waals surface area contributed by atoms with Gasteiger partial charge in [0.05, 0.1) is 18.5 Å². The third kappa shape index (κ3) is 3.57. The molecule has 1 aromatic heterocycles. The predicted octanol–water partition coefficient (Wildman–Crippen LogP) is 1.64. The fourth-order valence-corrected chi connectivity index (χ4v) is 1.40. The van der Waals surface area contributed by atoms with E-state index in [0.717, 1.165) is 12.1 Å². The van der Waals surface area contributed by atoms with Crippen LogP contribution in [0.25, 0.3) is 0 Å². The molecule has 84 valence electrons. The van der Waals surface area contributed by atoms with Gasteiger partial charge < -0.3 is 10.4 Å². The van der Waals surface area contributed by atoms with Gasteiger partial charge >= 0.3 is 0 Å². The molecular formula is C11H17FN2O. The molecule has 3 nitrogen and oxygen atoms in total. The zero-order valence-electron chi connectivity index (χ0n) is 9.07. The fourth-order valence-electron chi connectivity index (χ4n) is 1.40. The van der Waals surface area contributed by atoms with Gasteiger partial charge in [-0.25, -0.2) is 4.39 Å². The first kappa shape index (κ1) is 12.1. The van der Waals surface area contributed by atoms with Gasteiger partial charge in [-0.15, -0.1) is 0 Å². The highest BCUT2D eigenvalue weighted by molar-refractivity contribution is 5.09. The Morgan fingerprint density at radius 1 is 1.53 bits per heavy atom. The Morgan fingerprint density at radius 3 is 2.73 bits per heavy atom. The lowest BCUT2D eigenvalue weighted by atomic mass is 10.1. The predicted molar refractivity (Wildman–Crippen MR) is 56.9 cm³/mol. The number of nitrogens with one attached hydrogen (secondary N) is 1. The standard InChI is InChI=1S/C11H17FN2O/c1-3-10(14-8(2)7-15)11-5-4-9(12)6-13-11/h4-6,8,10,14-15H,3,7H2,1-2H3. The molecule has 0 aliphatic carbocycles. The normalized spacial score (nSPS) is 14.9. The van der Waals surface area contributed by atoms with E-state index >= 15 is 0 Å². The van der Waals surface area contributed by atoms with Gasteiger partial charge in [-0.1, -0.05) is 6.92 Å². The van der Waals surface area contributed by atoms with E-state index in [0.29, 0.717) is 0 Å². The first-order valence-electron chi connectivity index (χ1n) is 5.15. The first-order chi connectivity index (χ1) is 7.17. The van der Waals surface area contributed by atoms with Gasteiger partial charge in [0.1, 0.15) is 5.82 Å². The van der Waals surface area contributed by atoms with E-state index in [9.17, 15) is 4.39 Å². The van der Waals surface area contributed by atoms with Gasteiger partial charge in [0.2, 0.25) is 0 Å². The number of pyridine rings is 1. The topological polar surface area (TPSA) is 45.1 Å². The molecule has 15 heavy (non-hydrogen) atoms. The lowest BCUT2D eigenvalue weighted by molar-refractivity contribution is 0.239. The first-order valence-corrected chi connectivity index (χ1v) is 5.15. The summed E-state index contributed by atoms with van der Waals surface area (Å²) in [5.41, 5.74) is 0.805. The lowest BCUT2D eigenvalue weighted by Gasteiger charge is -2.20. The number of aliphatic hydroxyl groups excluding tert-OH is 1. The highest BCUT2D eigenvalue weighted by atomic mass is 19.1. The van der Waals surface area contributed by atoms with Gasteiger partial charge in [0, 0.05) is 12.1 Å². The molecular weight excluding hydrogens is 195 g/mol. The summed E-state index contributed by atoms with van der Waals surface area (Å²) in [6.45, 7) is 4.00.